The number of hydrogen-bond acceptors (Lipinski definition) is 6. The van der Waals surface area contributed by atoms with Crippen molar-refractivity contribution in [2.24, 2.45) is 5.73 Å². The Labute approximate surface area is 256 Å². The number of piperidine rings is 1. The number of carbonyl (C=O) groups is 1. The Balaban J connectivity index is 1.35. The van der Waals surface area contributed by atoms with Crippen LogP contribution in [-0.2, 0) is 11.2 Å². The second-order valence-corrected chi connectivity index (χ2v) is 11.2. The molecular weight excluding hydrogens is 536 g/mol. The lowest BCUT2D eigenvalue weighted by molar-refractivity contribution is 0.193. The standard InChI is InChI=1S/C35H48N6O2/c1-27(29-11-13-30(14-12-29)31-16-21-40(22-17-31)24-19-36)39-34-26-28(15-20-38-34)8-7-9-32-18-23-41(35(42)37-2)33(32)10-5-4-6-25-43-3/h9-15,18,20,23,26,31H,1,4-8,16-17,19,21-22,24-25,36H2,2-3H3,(H,37,42)(H,38,39)/b32-9-,33-10+. The second kappa shape index (κ2) is 16.8. The van der Waals surface area contributed by atoms with Crippen molar-refractivity contribution in [1.82, 2.24) is 19.8 Å². The molecule has 1 fully saturated rings. The number of aromatic nitrogens is 2. The van der Waals surface area contributed by atoms with Gasteiger partial charge < -0.3 is 26.0 Å². The van der Waals surface area contributed by atoms with Crippen LogP contribution in [0.2, 0.25) is 0 Å². The minimum Gasteiger partial charge on any atom is -0.385 e. The van der Waals surface area contributed by atoms with Gasteiger partial charge in [-0.1, -0.05) is 43.0 Å². The molecule has 0 bridgehead atoms. The van der Waals surface area contributed by atoms with Crippen molar-refractivity contribution in [3.63, 3.8) is 0 Å². The Morgan fingerprint density at radius 1 is 1.12 bits per heavy atom. The maximum atomic E-state index is 12.4. The van der Waals surface area contributed by atoms with Crippen LogP contribution in [0.15, 0.2) is 61.4 Å². The van der Waals surface area contributed by atoms with E-state index in [2.05, 4.69) is 69.6 Å². The van der Waals surface area contributed by atoms with Crippen molar-refractivity contribution in [1.29, 1.82) is 0 Å². The number of nitrogens with zero attached hydrogens (tertiary/aromatic N) is 3. The Morgan fingerprint density at radius 3 is 2.63 bits per heavy atom. The van der Waals surface area contributed by atoms with Crippen molar-refractivity contribution in [2.75, 3.05) is 52.3 Å². The molecule has 8 nitrogen and oxygen atoms in total. The third-order valence-electron chi connectivity index (χ3n) is 8.20. The number of aryl methyl sites for hydroxylation is 1. The second-order valence-electron chi connectivity index (χ2n) is 11.2. The molecule has 1 aliphatic heterocycles. The maximum absolute atomic E-state index is 12.4. The number of nitrogens with one attached hydrogen (secondary N) is 2. The molecule has 1 aliphatic rings. The van der Waals surface area contributed by atoms with Crippen LogP contribution in [0.1, 0.15) is 61.1 Å². The number of methoxy groups -OCH3 is 1. The van der Waals surface area contributed by atoms with Crippen molar-refractivity contribution >= 4 is 29.7 Å². The summed E-state index contributed by atoms with van der Waals surface area (Å²) in [6.45, 7) is 8.99. The van der Waals surface area contributed by atoms with Gasteiger partial charge in [0.2, 0.25) is 0 Å². The van der Waals surface area contributed by atoms with Gasteiger partial charge in [0.15, 0.2) is 0 Å². The highest BCUT2D eigenvalue weighted by atomic mass is 16.5. The summed E-state index contributed by atoms with van der Waals surface area (Å²) < 4.78 is 6.84. The zero-order valence-electron chi connectivity index (χ0n) is 25.9. The number of ether oxygens (including phenoxy) is 1. The SMILES string of the molecule is C=C(Nc1cc(CC/C=c2/ccn(C(=O)NC)/c2=C/CCCCOC)ccn1)c1ccc(C2CCN(CCN)CC2)cc1. The fourth-order valence-corrected chi connectivity index (χ4v) is 5.72. The Bertz CT molecular complexity index is 1440. The topological polar surface area (TPSA) is 97.4 Å². The van der Waals surface area contributed by atoms with Gasteiger partial charge in [0.1, 0.15) is 5.82 Å². The van der Waals surface area contributed by atoms with Crippen LogP contribution < -0.4 is 26.9 Å². The van der Waals surface area contributed by atoms with Crippen molar-refractivity contribution in [3.05, 3.63) is 88.7 Å². The summed E-state index contributed by atoms with van der Waals surface area (Å²) >= 11 is 0. The van der Waals surface area contributed by atoms with Crippen LogP contribution >= 0.6 is 0 Å². The van der Waals surface area contributed by atoms with Gasteiger partial charge in [-0.2, -0.15) is 0 Å². The van der Waals surface area contributed by atoms with Crippen molar-refractivity contribution in [2.45, 2.75) is 50.9 Å². The van der Waals surface area contributed by atoms with E-state index >= 15 is 0 Å². The molecule has 2 aromatic heterocycles. The van der Waals surface area contributed by atoms with E-state index in [4.69, 9.17) is 10.5 Å². The largest absolute Gasteiger partial charge is 0.385 e. The monoisotopic (exact) mass is 584 g/mol. The molecule has 0 unspecified atom stereocenters. The van der Waals surface area contributed by atoms with E-state index in [1.165, 1.54) is 24.0 Å². The molecule has 3 aromatic rings. The lowest BCUT2D eigenvalue weighted by Gasteiger charge is -2.31. The highest BCUT2D eigenvalue weighted by Crippen LogP contribution is 2.29. The number of benzene rings is 1. The third-order valence-corrected chi connectivity index (χ3v) is 8.20. The molecular formula is C35H48N6O2. The summed E-state index contributed by atoms with van der Waals surface area (Å²) in [6, 6.07) is 14.8. The van der Waals surface area contributed by atoms with E-state index in [1.807, 2.05) is 24.5 Å². The van der Waals surface area contributed by atoms with Crippen LogP contribution in [-0.4, -0.2) is 67.4 Å². The van der Waals surface area contributed by atoms with E-state index in [-0.39, 0.29) is 6.03 Å². The summed E-state index contributed by atoms with van der Waals surface area (Å²) in [5.41, 5.74) is 10.2. The molecule has 0 spiro atoms. The third kappa shape index (κ3) is 9.38. The van der Waals surface area contributed by atoms with Crippen molar-refractivity contribution < 1.29 is 9.53 Å². The van der Waals surface area contributed by atoms with E-state index in [9.17, 15) is 4.79 Å². The zero-order valence-corrected chi connectivity index (χ0v) is 25.9. The molecule has 1 saturated heterocycles. The first-order chi connectivity index (χ1) is 21.0. The number of likely N-dealkylation sites (tertiary alicyclic amines) is 1. The van der Waals surface area contributed by atoms with Gasteiger partial charge in [-0.3, -0.25) is 4.57 Å². The normalized spacial score (nSPS) is 15.1. The van der Waals surface area contributed by atoms with Gasteiger partial charge in [0, 0.05) is 51.9 Å². The minimum absolute atomic E-state index is 0.133. The van der Waals surface area contributed by atoms with Crippen molar-refractivity contribution in [3.8, 4) is 0 Å². The maximum Gasteiger partial charge on any atom is 0.325 e. The number of unbranched alkanes of at least 4 members (excludes halogenated alkanes) is 2. The summed E-state index contributed by atoms with van der Waals surface area (Å²) in [7, 11) is 3.38. The number of nitrogens with two attached hydrogens (primary N) is 1. The van der Waals surface area contributed by atoms with Gasteiger partial charge in [-0.25, -0.2) is 9.78 Å². The molecule has 4 N–H and O–H groups in total. The average Bonchev–Trinajstić information content (AvgIpc) is 3.43. The quantitative estimate of drug-likeness (QED) is 0.245. The molecule has 0 atom stereocenters. The predicted octanol–water partition coefficient (Wildman–Crippen LogP) is 4.30. The summed E-state index contributed by atoms with van der Waals surface area (Å²) in [5, 5.41) is 8.13. The highest BCUT2D eigenvalue weighted by Gasteiger charge is 2.20. The molecule has 1 amide bonds. The molecule has 0 radical (unpaired) electrons. The van der Waals surface area contributed by atoms with Crippen LogP contribution in [0.3, 0.4) is 0 Å². The number of pyridine rings is 1. The molecule has 1 aromatic carbocycles. The van der Waals surface area contributed by atoms with Crippen LogP contribution in [0.5, 0.6) is 0 Å². The van der Waals surface area contributed by atoms with Gasteiger partial charge in [0.05, 0.1) is 5.35 Å². The molecule has 3 heterocycles. The van der Waals surface area contributed by atoms with Gasteiger partial charge in [0.25, 0.3) is 0 Å². The number of anilines is 1. The number of carbonyl (C=O) groups excluding carboxylic acids is 1. The van der Waals surface area contributed by atoms with Crippen LogP contribution in [0.25, 0.3) is 17.8 Å². The van der Waals surface area contributed by atoms with E-state index in [1.54, 1.807) is 18.7 Å². The molecule has 0 aliphatic carbocycles. The number of rotatable bonds is 14. The Kier molecular flexibility index (Phi) is 12.6. The van der Waals surface area contributed by atoms with E-state index in [0.717, 1.165) is 92.5 Å². The number of amides is 1. The fourth-order valence-electron chi connectivity index (χ4n) is 5.72. The van der Waals surface area contributed by atoms with Crippen LogP contribution in [0, 0.1) is 0 Å². The van der Waals surface area contributed by atoms with Gasteiger partial charge in [-0.05, 0) is 104 Å². The van der Waals surface area contributed by atoms with Gasteiger partial charge >= 0.3 is 6.03 Å². The van der Waals surface area contributed by atoms with Crippen LogP contribution in [0.4, 0.5) is 10.6 Å². The van der Waals surface area contributed by atoms with E-state index < -0.39 is 0 Å². The molecule has 8 heteroatoms. The molecule has 43 heavy (non-hydrogen) atoms. The summed E-state index contributed by atoms with van der Waals surface area (Å²) in [5.74, 6) is 1.39. The molecule has 230 valence electrons. The lowest BCUT2D eigenvalue weighted by atomic mass is 9.89. The summed E-state index contributed by atoms with van der Waals surface area (Å²) in [4.78, 5) is 19.4. The first-order valence-electron chi connectivity index (χ1n) is 15.5. The Hall–Kier alpha value is -3.72. The zero-order chi connectivity index (χ0) is 30.4. The smallest absolute Gasteiger partial charge is 0.325 e. The Morgan fingerprint density at radius 2 is 1.91 bits per heavy atom. The average molecular weight is 585 g/mol. The van der Waals surface area contributed by atoms with E-state index in [0.29, 0.717) is 5.92 Å². The molecule has 4 rings (SSSR count). The predicted molar refractivity (Wildman–Crippen MR) is 177 cm³/mol. The summed E-state index contributed by atoms with van der Waals surface area (Å²) in [6.07, 6.45) is 15.0. The van der Waals surface area contributed by atoms with Gasteiger partial charge in [-0.15, -0.1) is 0 Å². The first kappa shape index (κ1) is 32.2. The fraction of sp³-hybridized carbons (Fsp3) is 0.429. The highest BCUT2D eigenvalue weighted by molar-refractivity contribution is 5.77. The lowest BCUT2D eigenvalue weighted by Crippen LogP contribution is -2.37. The number of hydrogen-bond donors (Lipinski definition) is 3. The molecule has 0 saturated carbocycles. The first-order valence-corrected chi connectivity index (χ1v) is 15.5. The minimum atomic E-state index is -0.133.